The second-order valence-electron chi connectivity index (χ2n) is 8.80. The first-order valence-electron chi connectivity index (χ1n) is 11.6. The molecular weight excluding hydrogens is 610 g/mol. The van der Waals surface area contributed by atoms with Crippen LogP contribution < -0.4 is 0 Å². The van der Waals surface area contributed by atoms with E-state index in [1.807, 2.05) is 0 Å². The van der Waals surface area contributed by atoms with Crippen molar-refractivity contribution in [3.8, 4) is 11.3 Å². The first-order valence-corrected chi connectivity index (χ1v) is 13.3. The molecule has 1 fully saturated rings. The molecule has 2 aromatic carbocycles. The summed E-state index contributed by atoms with van der Waals surface area (Å²) in [6.07, 6.45) is -0.563. The molecule has 39 heavy (non-hydrogen) atoms. The molecule has 1 aliphatic rings. The highest BCUT2D eigenvalue weighted by atomic mass is 79.9. The quantitative estimate of drug-likeness (QED) is 0.193. The molecule has 0 spiro atoms. The number of thioether (sulfide) groups is 1. The zero-order valence-electron chi connectivity index (χ0n) is 20.7. The number of ether oxygens (including phenoxy) is 3. The van der Waals surface area contributed by atoms with Gasteiger partial charge >= 0.3 is 11.9 Å². The van der Waals surface area contributed by atoms with E-state index in [4.69, 9.17) is 14.2 Å². The maximum atomic E-state index is 13.9. The van der Waals surface area contributed by atoms with Gasteiger partial charge in [0.1, 0.15) is 29.7 Å². The molecule has 8 nitrogen and oxygen atoms in total. The lowest BCUT2D eigenvalue weighted by atomic mass is 9.90. The van der Waals surface area contributed by atoms with Crippen LogP contribution in [0.4, 0.5) is 17.6 Å². The highest BCUT2D eigenvalue weighted by Gasteiger charge is 2.48. The molecular formula is C25H22BrF4N3O5S. The van der Waals surface area contributed by atoms with Crippen LogP contribution >= 0.6 is 27.7 Å². The van der Waals surface area contributed by atoms with Crippen molar-refractivity contribution in [3.05, 3.63) is 64.3 Å². The summed E-state index contributed by atoms with van der Waals surface area (Å²) < 4.78 is 73.6. The number of esters is 2. The Morgan fingerprint density at radius 1 is 1.08 bits per heavy atom. The standard InChI is InChI=1S/C25H22BrF4N3O5S/c1-11-23(33-9-20(31-32-33)14-6-18(28)22(30)19(29)7-14)24(37-13(3)35)21(10-36-12(2)34)38-25(11)39-15-4-5-17(27)16(26)8-15/h4-9,11,21,23-25H,10H2,1-3H3/t11?,21?,23-,24+,25-/m1/s1. The molecule has 0 saturated carbocycles. The summed E-state index contributed by atoms with van der Waals surface area (Å²) in [5.41, 5.74) is -0.649. The Morgan fingerprint density at radius 2 is 1.77 bits per heavy atom. The normalized spacial score (nSPS) is 22.9. The van der Waals surface area contributed by atoms with Gasteiger partial charge in [-0.05, 0) is 46.3 Å². The van der Waals surface area contributed by atoms with Crippen LogP contribution in [-0.4, -0.2) is 51.2 Å². The van der Waals surface area contributed by atoms with Crippen LogP contribution in [0, 0.1) is 29.2 Å². The molecule has 0 N–H and O–H groups in total. The minimum absolute atomic E-state index is 0.0382. The molecule has 2 heterocycles. The lowest BCUT2D eigenvalue weighted by molar-refractivity contribution is -0.191. The summed E-state index contributed by atoms with van der Waals surface area (Å²) in [4.78, 5) is 24.3. The molecule has 0 aliphatic carbocycles. The molecule has 0 amide bonds. The predicted molar refractivity (Wildman–Crippen MR) is 134 cm³/mol. The number of benzene rings is 2. The summed E-state index contributed by atoms with van der Waals surface area (Å²) in [7, 11) is 0. The zero-order chi connectivity index (χ0) is 28.4. The number of hydrogen-bond acceptors (Lipinski definition) is 8. The van der Waals surface area contributed by atoms with Crippen LogP contribution in [0.25, 0.3) is 11.3 Å². The van der Waals surface area contributed by atoms with Crippen molar-refractivity contribution in [1.82, 2.24) is 15.0 Å². The van der Waals surface area contributed by atoms with E-state index < -0.39 is 64.8 Å². The lowest BCUT2D eigenvalue weighted by Crippen LogP contribution is -2.53. The zero-order valence-corrected chi connectivity index (χ0v) is 23.1. The van der Waals surface area contributed by atoms with E-state index in [-0.39, 0.29) is 22.3 Å². The second kappa shape index (κ2) is 12.0. The summed E-state index contributed by atoms with van der Waals surface area (Å²) in [5, 5.41) is 8.10. The number of halogens is 5. The smallest absolute Gasteiger partial charge is 0.303 e. The number of carbonyl (C=O) groups excluding carboxylic acids is 2. The van der Waals surface area contributed by atoms with Gasteiger partial charge in [-0.15, -0.1) is 5.10 Å². The minimum Gasteiger partial charge on any atom is -0.463 e. The minimum atomic E-state index is -1.61. The van der Waals surface area contributed by atoms with Crippen LogP contribution in [0.1, 0.15) is 26.8 Å². The van der Waals surface area contributed by atoms with Gasteiger partial charge in [-0.1, -0.05) is 23.9 Å². The Labute approximate surface area is 233 Å². The van der Waals surface area contributed by atoms with E-state index in [9.17, 15) is 27.2 Å². The number of carbonyl (C=O) groups is 2. The summed E-state index contributed by atoms with van der Waals surface area (Å²) in [6.45, 7) is 3.98. The van der Waals surface area contributed by atoms with Crippen LogP contribution in [0.15, 0.2) is 45.9 Å². The Bertz CT molecular complexity index is 1370. The molecule has 2 unspecified atom stereocenters. The Kier molecular flexibility index (Phi) is 8.96. The average Bonchev–Trinajstić information content (AvgIpc) is 3.35. The number of rotatable bonds is 7. The largest absolute Gasteiger partial charge is 0.463 e. The van der Waals surface area contributed by atoms with E-state index in [2.05, 4.69) is 26.2 Å². The number of aromatic nitrogens is 3. The molecule has 1 aliphatic heterocycles. The molecule has 14 heteroatoms. The van der Waals surface area contributed by atoms with Crippen molar-refractivity contribution >= 4 is 39.6 Å². The monoisotopic (exact) mass is 631 g/mol. The fraction of sp³-hybridized carbons (Fsp3) is 0.360. The van der Waals surface area contributed by atoms with Crippen molar-refractivity contribution in [3.63, 3.8) is 0 Å². The first-order chi connectivity index (χ1) is 18.4. The maximum absolute atomic E-state index is 13.9. The van der Waals surface area contributed by atoms with Gasteiger partial charge in [0.15, 0.2) is 23.6 Å². The Morgan fingerprint density at radius 3 is 2.38 bits per heavy atom. The summed E-state index contributed by atoms with van der Waals surface area (Å²) >= 11 is 4.42. The van der Waals surface area contributed by atoms with Gasteiger partial charge in [0.25, 0.3) is 0 Å². The van der Waals surface area contributed by atoms with E-state index in [0.717, 1.165) is 12.1 Å². The van der Waals surface area contributed by atoms with E-state index >= 15 is 0 Å². The number of nitrogens with zero attached hydrogens (tertiary/aromatic N) is 3. The fourth-order valence-corrected chi connectivity index (χ4v) is 5.90. The molecule has 5 atom stereocenters. The van der Waals surface area contributed by atoms with Gasteiger partial charge in [0.2, 0.25) is 0 Å². The van der Waals surface area contributed by atoms with E-state index in [1.165, 1.54) is 42.6 Å². The van der Waals surface area contributed by atoms with Crippen LogP contribution in [0.2, 0.25) is 0 Å². The Balaban J connectivity index is 1.73. The molecule has 0 bridgehead atoms. The molecule has 4 rings (SSSR count). The van der Waals surface area contributed by atoms with Crippen molar-refractivity contribution < 1.29 is 41.4 Å². The summed E-state index contributed by atoms with van der Waals surface area (Å²) in [5.74, 6) is -6.50. The van der Waals surface area contributed by atoms with Crippen LogP contribution in [-0.2, 0) is 23.8 Å². The van der Waals surface area contributed by atoms with Crippen molar-refractivity contribution in [2.24, 2.45) is 5.92 Å². The molecule has 1 aromatic heterocycles. The lowest BCUT2D eigenvalue weighted by Gasteiger charge is -2.44. The van der Waals surface area contributed by atoms with Gasteiger partial charge in [-0.25, -0.2) is 22.2 Å². The van der Waals surface area contributed by atoms with Gasteiger partial charge in [0, 0.05) is 30.2 Å². The van der Waals surface area contributed by atoms with E-state index in [1.54, 1.807) is 19.1 Å². The predicted octanol–water partition coefficient (Wildman–Crippen LogP) is 5.45. The van der Waals surface area contributed by atoms with Crippen molar-refractivity contribution in [2.45, 2.75) is 49.4 Å². The highest BCUT2D eigenvalue weighted by Crippen LogP contribution is 2.43. The molecule has 0 radical (unpaired) electrons. The van der Waals surface area contributed by atoms with Gasteiger partial charge in [-0.2, -0.15) is 0 Å². The first kappa shape index (κ1) is 29.0. The van der Waals surface area contributed by atoms with Crippen LogP contribution in [0.3, 0.4) is 0 Å². The maximum Gasteiger partial charge on any atom is 0.303 e. The van der Waals surface area contributed by atoms with Gasteiger partial charge in [0.05, 0.1) is 16.7 Å². The number of hydrogen-bond donors (Lipinski definition) is 0. The third-order valence-electron chi connectivity index (χ3n) is 5.97. The topological polar surface area (TPSA) is 92.5 Å². The van der Waals surface area contributed by atoms with Crippen molar-refractivity contribution in [2.75, 3.05) is 6.61 Å². The van der Waals surface area contributed by atoms with E-state index in [0.29, 0.717) is 4.90 Å². The summed E-state index contributed by atoms with van der Waals surface area (Å²) in [6, 6.07) is 5.27. The Hall–Kier alpha value is -2.97. The fourth-order valence-electron chi connectivity index (χ4n) is 4.19. The second-order valence-corrected chi connectivity index (χ2v) is 10.8. The average molecular weight is 632 g/mol. The highest BCUT2D eigenvalue weighted by molar-refractivity contribution is 9.10. The SMILES string of the molecule is CC(=O)OCC1O[C@H](Sc2ccc(F)c(Br)c2)C(C)[C@@H](n2cc(-c3cc(F)c(F)c(F)c3)nn2)[C@H]1OC(C)=O. The third kappa shape index (κ3) is 6.61. The molecule has 3 aromatic rings. The van der Waals surface area contributed by atoms with Gasteiger partial charge < -0.3 is 14.2 Å². The van der Waals surface area contributed by atoms with Gasteiger partial charge in [-0.3, -0.25) is 9.59 Å². The van der Waals surface area contributed by atoms with Crippen molar-refractivity contribution in [1.29, 1.82) is 0 Å². The molecule has 208 valence electrons. The third-order valence-corrected chi connectivity index (χ3v) is 7.88. The molecule has 1 saturated heterocycles. The van der Waals surface area contributed by atoms with Crippen LogP contribution in [0.5, 0.6) is 0 Å².